The van der Waals surface area contributed by atoms with Crippen molar-refractivity contribution >= 4 is 17.2 Å². The van der Waals surface area contributed by atoms with E-state index in [1.807, 2.05) is 25.2 Å². The molecule has 1 fully saturated rings. The standard InChI is InChI=1S/C16H24N2OS/c1-18(12-16(19)9-5-6-10-16)11-14(15(17)20)13-7-3-2-4-8-13/h2-4,7-8,14,19H,5-6,9-12H2,1H3,(H2,17,20). The van der Waals surface area contributed by atoms with E-state index in [4.69, 9.17) is 18.0 Å². The Bertz CT molecular complexity index is 443. The summed E-state index contributed by atoms with van der Waals surface area (Å²) in [7, 11) is 2.03. The first-order valence-electron chi connectivity index (χ1n) is 7.25. The van der Waals surface area contributed by atoms with Crippen LogP contribution >= 0.6 is 12.2 Å². The van der Waals surface area contributed by atoms with Gasteiger partial charge in [0.25, 0.3) is 0 Å². The lowest BCUT2D eigenvalue weighted by atomic mass is 9.97. The molecule has 0 spiro atoms. The summed E-state index contributed by atoms with van der Waals surface area (Å²) in [6.07, 6.45) is 4.06. The zero-order valence-electron chi connectivity index (χ0n) is 12.1. The van der Waals surface area contributed by atoms with E-state index in [1.54, 1.807) is 0 Å². The fraction of sp³-hybridized carbons (Fsp3) is 0.562. The van der Waals surface area contributed by atoms with E-state index in [1.165, 1.54) is 0 Å². The van der Waals surface area contributed by atoms with Crippen molar-refractivity contribution in [1.82, 2.24) is 4.90 Å². The average molecular weight is 292 g/mol. The van der Waals surface area contributed by atoms with Gasteiger partial charge < -0.3 is 15.7 Å². The second-order valence-electron chi connectivity index (χ2n) is 5.99. The maximum absolute atomic E-state index is 10.5. The molecule has 0 amide bonds. The normalized spacial score (nSPS) is 19.1. The highest BCUT2D eigenvalue weighted by Crippen LogP contribution is 2.30. The first-order chi connectivity index (χ1) is 9.50. The lowest BCUT2D eigenvalue weighted by Crippen LogP contribution is -2.42. The fourth-order valence-corrected chi connectivity index (χ4v) is 3.33. The van der Waals surface area contributed by atoms with Crippen LogP contribution in [0.1, 0.15) is 37.2 Å². The molecule has 1 aliphatic rings. The van der Waals surface area contributed by atoms with Crippen LogP contribution in [0.25, 0.3) is 0 Å². The number of aliphatic hydroxyl groups is 1. The number of thiocarbonyl (C=S) groups is 1. The van der Waals surface area contributed by atoms with Crippen LogP contribution < -0.4 is 5.73 Å². The maximum atomic E-state index is 10.5. The summed E-state index contributed by atoms with van der Waals surface area (Å²) in [6.45, 7) is 1.45. The number of rotatable bonds is 6. The second-order valence-corrected chi connectivity index (χ2v) is 6.47. The summed E-state index contributed by atoms with van der Waals surface area (Å²) in [4.78, 5) is 2.67. The minimum absolute atomic E-state index is 0.0428. The third-order valence-electron chi connectivity index (χ3n) is 4.14. The van der Waals surface area contributed by atoms with Gasteiger partial charge in [0.1, 0.15) is 0 Å². The molecule has 3 nitrogen and oxygen atoms in total. The summed E-state index contributed by atoms with van der Waals surface area (Å²) in [5, 5.41) is 10.5. The third kappa shape index (κ3) is 4.01. The SMILES string of the molecule is CN(CC(C(N)=S)c1ccccc1)CC1(O)CCCC1. The highest BCUT2D eigenvalue weighted by Gasteiger charge is 2.32. The van der Waals surface area contributed by atoms with Gasteiger partial charge in [-0.25, -0.2) is 0 Å². The Morgan fingerprint density at radius 3 is 2.50 bits per heavy atom. The smallest absolute Gasteiger partial charge is 0.0816 e. The Kier molecular flexibility index (Phi) is 5.13. The van der Waals surface area contributed by atoms with Crippen LogP contribution in [0.4, 0.5) is 0 Å². The van der Waals surface area contributed by atoms with Gasteiger partial charge in [0.05, 0.1) is 10.6 Å². The molecule has 2 rings (SSSR count). The Morgan fingerprint density at radius 2 is 1.95 bits per heavy atom. The number of nitrogens with zero attached hydrogens (tertiary/aromatic N) is 1. The second kappa shape index (κ2) is 6.66. The molecule has 1 aromatic carbocycles. The first kappa shape index (κ1) is 15.4. The van der Waals surface area contributed by atoms with Crippen LogP contribution in [0.5, 0.6) is 0 Å². The van der Waals surface area contributed by atoms with Crippen LogP contribution in [-0.4, -0.2) is 40.7 Å². The third-order valence-corrected chi connectivity index (χ3v) is 4.42. The van der Waals surface area contributed by atoms with Crippen molar-refractivity contribution in [3.8, 4) is 0 Å². The highest BCUT2D eigenvalue weighted by molar-refractivity contribution is 7.80. The molecule has 1 saturated carbocycles. The van der Waals surface area contributed by atoms with Gasteiger partial charge in [-0.2, -0.15) is 0 Å². The van der Waals surface area contributed by atoms with Crippen LogP contribution in [0, 0.1) is 0 Å². The summed E-state index contributed by atoms with van der Waals surface area (Å²) in [6, 6.07) is 10.1. The van der Waals surface area contributed by atoms with Gasteiger partial charge in [-0.3, -0.25) is 0 Å². The molecule has 0 aliphatic heterocycles. The molecule has 110 valence electrons. The molecule has 4 heteroatoms. The molecule has 0 bridgehead atoms. The lowest BCUT2D eigenvalue weighted by Gasteiger charge is -2.31. The molecule has 3 N–H and O–H groups in total. The Hall–Kier alpha value is -0.970. The van der Waals surface area contributed by atoms with Gasteiger partial charge >= 0.3 is 0 Å². The molecule has 1 unspecified atom stereocenters. The topological polar surface area (TPSA) is 49.5 Å². The average Bonchev–Trinajstić information content (AvgIpc) is 2.83. The molecule has 1 aliphatic carbocycles. The zero-order valence-corrected chi connectivity index (χ0v) is 12.9. The van der Waals surface area contributed by atoms with E-state index in [0.29, 0.717) is 11.5 Å². The van der Waals surface area contributed by atoms with Gasteiger partial charge in [0.2, 0.25) is 0 Å². The fourth-order valence-electron chi connectivity index (χ4n) is 3.11. The van der Waals surface area contributed by atoms with Gasteiger partial charge in [0.15, 0.2) is 0 Å². The van der Waals surface area contributed by atoms with Crippen LogP contribution in [-0.2, 0) is 0 Å². The van der Waals surface area contributed by atoms with E-state index >= 15 is 0 Å². The van der Waals surface area contributed by atoms with E-state index in [-0.39, 0.29) is 5.92 Å². The van der Waals surface area contributed by atoms with Crippen molar-refractivity contribution in [3.63, 3.8) is 0 Å². The van der Waals surface area contributed by atoms with E-state index < -0.39 is 5.60 Å². The van der Waals surface area contributed by atoms with Gasteiger partial charge in [0, 0.05) is 19.0 Å². The Morgan fingerprint density at radius 1 is 1.35 bits per heavy atom. The molecule has 0 heterocycles. The number of nitrogens with two attached hydrogens (primary N) is 1. The monoisotopic (exact) mass is 292 g/mol. The van der Waals surface area contributed by atoms with E-state index in [9.17, 15) is 5.11 Å². The molecular formula is C16H24N2OS. The van der Waals surface area contributed by atoms with E-state index in [0.717, 1.165) is 37.8 Å². The zero-order chi connectivity index (χ0) is 14.6. The number of benzene rings is 1. The predicted octanol–water partition coefficient (Wildman–Crippen LogP) is 2.29. The van der Waals surface area contributed by atoms with Crippen LogP contribution in [0.3, 0.4) is 0 Å². The predicted molar refractivity (Wildman–Crippen MR) is 86.9 cm³/mol. The lowest BCUT2D eigenvalue weighted by molar-refractivity contribution is 0.0162. The first-order valence-corrected chi connectivity index (χ1v) is 7.66. The Labute approximate surface area is 126 Å². The number of hydrogen-bond donors (Lipinski definition) is 2. The number of likely N-dealkylation sites (N-methyl/N-ethyl adjacent to an activating group) is 1. The van der Waals surface area contributed by atoms with Gasteiger partial charge in [-0.1, -0.05) is 55.4 Å². The van der Waals surface area contributed by atoms with Crippen molar-refractivity contribution < 1.29 is 5.11 Å². The minimum Gasteiger partial charge on any atom is -0.393 e. The van der Waals surface area contributed by atoms with Gasteiger partial charge in [-0.15, -0.1) is 0 Å². The number of hydrogen-bond acceptors (Lipinski definition) is 3. The van der Waals surface area contributed by atoms with Crippen LogP contribution in [0.15, 0.2) is 30.3 Å². The van der Waals surface area contributed by atoms with Gasteiger partial charge in [-0.05, 0) is 25.5 Å². The molecule has 1 aromatic rings. The highest BCUT2D eigenvalue weighted by atomic mass is 32.1. The van der Waals surface area contributed by atoms with Crippen molar-refractivity contribution in [1.29, 1.82) is 0 Å². The van der Waals surface area contributed by atoms with Crippen molar-refractivity contribution in [3.05, 3.63) is 35.9 Å². The van der Waals surface area contributed by atoms with Crippen molar-refractivity contribution in [2.24, 2.45) is 5.73 Å². The molecule has 0 radical (unpaired) electrons. The van der Waals surface area contributed by atoms with Crippen molar-refractivity contribution in [2.45, 2.75) is 37.2 Å². The summed E-state index contributed by atoms with van der Waals surface area (Å²) < 4.78 is 0. The maximum Gasteiger partial charge on any atom is 0.0816 e. The molecule has 0 aromatic heterocycles. The summed E-state index contributed by atoms with van der Waals surface area (Å²) in [5.41, 5.74) is 6.52. The minimum atomic E-state index is -0.522. The Balaban J connectivity index is 2.00. The molecule has 0 saturated heterocycles. The molecule has 1 atom stereocenters. The van der Waals surface area contributed by atoms with Crippen LogP contribution in [0.2, 0.25) is 0 Å². The summed E-state index contributed by atoms with van der Waals surface area (Å²) >= 11 is 5.22. The van der Waals surface area contributed by atoms with Crippen molar-refractivity contribution in [2.75, 3.05) is 20.1 Å². The summed E-state index contributed by atoms with van der Waals surface area (Å²) in [5.74, 6) is 0.0428. The molecule has 20 heavy (non-hydrogen) atoms. The molecular weight excluding hydrogens is 268 g/mol. The largest absolute Gasteiger partial charge is 0.393 e. The van der Waals surface area contributed by atoms with E-state index in [2.05, 4.69) is 17.0 Å². The quantitative estimate of drug-likeness (QED) is 0.790.